The molecule has 10 unspecified atom stereocenters. The predicted octanol–water partition coefficient (Wildman–Crippen LogP) is 8.11. The van der Waals surface area contributed by atoms with Gasteiger partial charge in [0.1, 0.15) is 11.6 Å². The normalized spacial score (nSPS) is 41.4. The summed E-state index contributed by atoms with van der Waals surface area (Å²) in [7, 11) is 0. The van der Waals surface area contributed by atoms with Gasteiger partial charge in [0.2, 0.25) is 0 Å². The van der Waals surface area contributed by atoms with Crippen molar-refractivity contribution >= 4 is 11.6 Å². The Morgan fingerprint density at radius 3 is 2.18 bits per heavy atom. The van der Waals surface area contributed by atoms with Crippen molar-refractivity contribution in [1.29, 1.82) is 0 Å². The smallest absolute Gasteiger partial charge is 0.150 e. The van der Waals surface area contributed by atoms with Gasteiger partial charge in [0.25, 0.3) is 0 Å². The molecule has 0 saturated heterocycles. The van der Waals surface area contributed by atoms with E-state index in [0.29, 0.717) is 0 Å². The molecule has 0 bridgehead atoms. The molecule has 0 spiro atoms. The summed E-state index contributed by atoms with van der Waals surface area (Å²) in [6, 6.07) is 13.3. The summed E-state index contributed by atoms with van der Waals surface area (Å²) in [4.78, 5) is 27.1. The zero-order valence-electron chi connectivity index (χ0n) is 25.7. The quantitative estimate of drug-likeness (QED) is 0.409. The largest absolute Gasteiger partial charge is 0.388 e. The summed E-state index contributed by atoms with van der Waals surface area (Å²) in [6.07, 6.45) is 1.20. The predicted molar refractivity (Wildman–Crippen MR) is 158 cm³/mol. The summed E-state index contributed by atoms with van der Waals surface area (Å²) >= 11 is 0. The lowest BCUT2D eigenvalue weighted by molar-refractivity contribution is -0.232. The third-order valence-corrected chi connectivity index (χ3v) is 13.0. The van der Waals surface area contributed by atoms with Crippen molar-refractivity contribution in [3.8, 4) is 11.1 Å². The number of hydrogen-bond donors (Lipinski definition) is 1. The van der Waals surface area contributed by atoms with Gasteiger partial charge in [-0.1, -0.05) is 91.8 Å². The van der Waals surface area contributed by atoms with E-state index in [2.05, 4.69) is 98.7 Å². The van der Waals surface area contributed by atoms with E-state index >= 15 is 0 Å². The number of benzene rings is 2. The molecular formula is C36H48O3. The maximum Gasteiger partial charge on any atom is 0.150 e. The van der Waals surface area contributed by atoms with Crippen molar-refractivity contribution in [1.82, 2.24) is 0 Å². The molecule has 3 aliphatic rings. The number of rotatable bonds is 3. The van der Waals surface area contributed by atoms with E-state index < -0.39 is 17.4 Å². The average Bonchev–Trinajstić information content (AvgIpc) is 2.89. The van der Waals surface area contributed by atoms with Crippen LogP contribution >= 0.6 is 0 Å². The fraction of sp³-hybridized carbons (Fsp3) is 0.611. The summed E-state index contributed by atoms with van der Waals surface area (Å²) in [5, 5.41) is 12.4. The molecular weight excluding hydrogens is 480 g/mol. The molecule has 3 nitrogen and oxygen atoms in total. The minimum absolute atomic E-state index is 0.0125. The standard InChI is InChI=1S/C36H48O3/c1-11-25-12-14-26(15-13-25)27-16-17-28-21(4)35(9)24(7)34(8)18-19(2)29(23(6)37)33(39)36(34,10)22(5)31(35)32(38)30(28)20(27)3/h12-17,19,21-22,24,29,31-32,38H,11,18H2,1-10H3. The number of hydrogen-bond acceptors (Lipinski definition) is 3. The highest BCUT2D eigenvalue weighted by Gasteiger charge is 2.72. The number of Topliss-reactive ketones (excluding diaryl/α,β-unsaturated/α-hetero) is 2. The number of fused-ring (bicyclic) bond motifs is 3. The molecule has 0 aliphatic heterocycles. The Hall–Kier alpha value is -2.26. The van der Waals surface area contributed by atoms with Gasteiger partial charge >= 0.3 is 0 Å². The molecule has 2 aromatic rings. The second-order valence-corrected chi connectivity index (χ2v) is 14.1. The Morgan fingerprint density at radius 2 is 1.62 bits per heavy atom. The van der Waals surface area contributed by atoms with Crippen LogP contribution in [0.3, 0.4) is 0 Å². The maximum atomic E-state index is 14.4. The van der Waals surface area contributed by atoms with Crippen LogP contribution in [-0.4, -0.2) is 16.7 Å². The van der Waals surface area contributed by atoms with Gasteiger partial charge in [0.05, 0.1) is 12.0 Å². The Balaban J connectivity index is 1.69. The first-order valence-electron chi connectivity index (χ1n) is 15.1. The third kappa shape index (κ3) is 3.44. The van der Waals surface area contributed by atoms with E-state index in [0.717, 1.165) is 29.5 Å². The lowest BCUT2D eigenvalue weighted by Crippen LogP contribution is -2.70. The van der Waals surface area contributed by atoms with Gasteiger partial charge in [-0.25, -0.2) is 0 Å². The first-order chi connectivity index (χ1) is 18.2. The van der Waals surface area contributed by atoms with Gasteiger partial charge < -0.3 is 5.11 Å². The Kier molecular flexibility index (Phi) is 6.62. The van der Waals surface area contributed by atoms with Crippen molar-refractivity contribution in [3.63, 3.8) is 0 Å². The van der Waals surface area contributed by atoms with Crippen LogP contribution < -0.4 is 0 Å². The summed E-state index contributed by atoms with van der Waals surface area (Å²) < 4.78 is 0. The van der Waals surface area contributed by atoms with E-state index in [1.807, 2.05) is 0 Å². The molecule has 210 valence electrons. The van der Waals surface area contributed by atoms with Gasteiger partial charge in [0.15, 0.2) is 0 Å². The molecule has 2 fully saturated rings. The van der Waals surface area contributed by atoms with Crippen LogP contribution in [0.1, 0.15) is 103 Å². The van der Waals surface area contributed by atoms with Gasteiger partial charge in [-0.3, -0.25) is 9.59 Å². The molecule has 0 amide bonds. The molecule has 3 aliphatic carbocycles. The average molecular weight is 529 g/mol. The number of carbonyl (C=O) groups is 2. The molecule has 1 N–H and O–H groups in total. The molecule has 2 saturated carbocycles. The first kappa shape index (κ1) is 28.3. The molecule has 0 heterocycles. The van der Waals surface area contributed by atoms with Crippen LogP contribution in [0.5, 0.6) is 0 Å². The van der Waals surface area contributed by atoms with Crippen molar-refractivity contribution in [2.24, 2.45) is 45.8 Å². The van der Waals surface area contributed by atoms with Crippen LogP contribution in [0.25, 0.3) is 11.1 Å². The minimum Gasteiger partial charge on any atom is -0.388 e. The van der Waals surface area contributed by atoms with Crippen LogP contribution in [0, 0.1) is 52.8 Å². The molecule has 10 atom stereocenters. The van der Waals surface area contributed by atoms with E-state index in [1.165, 1.54) is 16.7 Å². The molecule has 0 aromatic heterocycles. The maximum absolute atomic E-state index is 14.4. The Labute approximate surface area is 235 Å². The monoisotopic (exact) mass is 528 g/mol. The molecule has 5 rings (SSSR count). The minimum atomic E-state index is -0.681. The second-order valence-electron chi connectivity index (χ2n) is 14.1. The van der Waals surface area contributed by atoms with E-state index in [9.17, 15) is 14.7 Å². The lowest BCUT2D eigenvalue weighted by atomic mass is 9.32. The van der Waals surface area contributed by atoms with Crippen molar-refractivity contribution in [2.45, 2.75) is 94.1 Å². The zero-order valence-corrected chi connectivity index (χ0v) is 25.7. The van der Waals surface area contributed by atoms with Crippen molar-refractivity contribution in [2.75, 3.05) is 0 Å². The number of aliphatic hydroxyl groups excluding tert-OH is 1. The van der Waals surface area contributed by atoms with Crippen molar-refractivity contribution < 1.29 is 14.7 Å². The van der Waals surface area contributed by atoms with Gasteiger partial charge in [-0.2, -0.15) is 0 Å². The van der Waals surface area contributed by atoms with Crippen LogP contribution in [-0.2, 0) is 16.0 Å². The summed E-state index contributed by atoms with van der Waals surface area (Å²) in [5.41, 5.74) is 5.95. The Morgan fingerprint density at radius 1 is 1.00 bits per heavy atom. The highest BCUT2D eigenvalue weighted by atomic mass is 16.3. The number of carbonyl (C=O) groups excluding carboxylic acids is 2. The first-order valence-corrected chi connectivity index (χ1v) is 15.1. The topological polar surface area (TPSA) is 54.4 Å². The Bertz CT molecular complexity index is 1320. The molecule has 3 heteroatoms. The summed E-state index contributed by atoms with van der Waals surface area (Å²) in [6.45, 7) is 21.7. The van der Waals surface area contributed by atoms with Crippen LogP contribution in [0.4, 0.5) is 0 Å². The number of aliphatic hydroxyl groups is 1. The number of ketones is 2. The summed E-state index contributed by atoms with van der Waals surface area (Å²) in [5.74, 6) is -0.167. The SMILES string of the molecule is CCc1ccc(-c2ccc3c(c2C)C(O)C2C(C)C4(C)C(=O)C(C(C)=O)C(C)CC4(C)C(C)C2(C)C3C)cc1. The fourth-order valence-electron chi connectivity index (χ4n) is 10.2. The highest BCUT2D eigenvalue weighted by Crippen LogP contribution is 2.75. The van der Waals surface area contributed by atoms with Gasteiger partial charge in [0, 0.05) is 5.41 Å². The zero-order chi connectivity index (χ0) is 28.8. The molecule has 2 aromatic carbocycles. The van der Waals surface area contributed by atoms with Gasteiger partial charge in [-0.05, 0) is 100 Å². The lowest BCUT2D eigenvalue weighted by Gasteiger charge is -2.71. The van der Waals surface area contributed by atoms with Crippen LogP contribution in [0.2, 0.25) is 0 Å². The third-order valence-electron chi connectivity index (χ3n) is 13.0. The van der Waals surface area contributed by atoms with E-state index in [-0.39, 0.29) is 52.0 Å². The molecule has 0 radical (unpaired) electrons. The highest BCUT2D eigenvalue weighted by molar-refractivity contribution is 6.05. The van der Waals surface area contributed by atoms with Gasteiger partial charge in [-0.15, -0.1) is 0 Å². The van der Waals surface area contributed by atoms with Crippen molar-refractivity contribution in [3.05, 3.63) is 58.7 Å². The molecule has 39 heavy (non-hydrogen) atoms. The van der Waals surface area contributed by atoms with E-state index in [4.69, 9.17) is 0 Å². The fourth-order valence-corrected chi connectivity index (χ4v) is 10.2. The second kappa shape index (κ2) is 9.13. The van der Waals surface area contributed by atoms with E-state index in [1.54, 1.807) is 6.92 Å². The number of aryl methyl sites for hydroxylation is 1. The van der Waals surface area contributed by atoms with Crippen LogP contribution in [0.15, 0.2) is 36.4 Å².